The quantitative estimate of drug-likeness (QED) is 0.277. The van der Waals surface area contributed by atoms with Crippen LogP contribution in [0.1, 0.15) is 33.2 Å². The molecular weight excluding hydrogens is 460 g/mol. The van der Waals surface area contributed by atoms with Gasteiger partial charge < -0.3 is 10.1 Å². The van der Waals surface area contributed by atoms with Crippen LogP contribution in [0.15, 0.2) is 72.1 Å². The third-order valence-corrected chi connectivity index (χ3v) is 6.24. The topological polar surface area (TPSA) is 86.1 Å². The molecular formula is C27H26N4O3S. The van der Waals surface area contributed by atoms with E-state index in [0.717, 1.165) is 28.2 Å². The van der Waals surface area contributed by atoms with Gasteiger partial charge in [-0.3, -0.25) is 4.79 Å². The van der Waals surface area contributed by atoms with E-state index in [9.17, 15) is 9.59 Å². The second kappa shape index (κ2) is 11.4. The van der Waals surface area contributed by atoms with Crippen molar-refractivity contribution in [2.24, 2.45) is 0 Å². The molecule has 4 aromatic rings. The summed E-state index contributed by atoms with van der Waals surface area (Å²) in [6.07, 6.45) is 3.31. The number of amides is 1. The van der Waals surface area contributed by atoms with Crippen LogP contribution in [-0.4, -0.2) is 26.6 Å². The number of aromatic nitrogens is 3. The van der Waals surface area contributed by atoms with Gasteiger partial charge in [0.05, 0.1) is 23.5 Å². The highest BCUT2D eigenvalue weighted by Crippen LogP contribution is 2.19. The number of hydrogen-bond donors (Lipinski definition) is 1. The molecule has 0 aliphatic rings. The molecule has 4 rings (SSSR count). The van der Waals surface area contributed by atoms with Gasteiger partial charge in [-0.1, -0.05) is 48.5 Å². The minimum absolute atomic E-state index is 0.0482. The molecule has 1 amide bonds. The van der Waals surface area contributed by atoms with Crippen LogP contribution in [0, 0.1) is 13.8 Å². The van der Waals surface area contributed by atoms with Crippen LogP contribution in [0.3, 0.4) is 0 Å². The minimum Gasteiger partial charge on any atom is -0.456 e. The van der Waals surface area contributed by atoms with Crippen molar-refractivity contribution in [1.82, 2.24) is 20.1 Å². The van der Waals surface area contributed by atoms with Crippen LogP contribution in [0.2, 0.25) is 0 Å². The van der Waals surface area contributed by atoms with E-state index in [1.807, 2.05) is 79.2 Å². The fourth-order valence-electron chi connectivity index (χ4n) is 3.55. The predicted molar refractivity (Wildman–Crippen MR) is 136 cm³/mol. The Bertz CT molecular complexity index is 1330. The van der Waals surface area contributed by atoms with Gasteiger partial charge in [-0.05, 0) is 37.6 Å². The third kappa shape index (κ3) is 6.51. The number of aryl methyl sites for hydroxylation is 1. The fraction of sp³-hybridized carbons (Fsp3) is 0.185. The smallest absolute Gasteiger partial charge is 0.331 e. The maximum absolute atomic E-state index is 12.3. The zero-order valence-electron chi connectivity index (χ0n) is 19.6. The summed E-state index contributed by atoms with van der Waals surface area (Å²) in [6, 6.07) is 19.6. The number of rotatable bonds is 9. The lowest BCUT2D eigenvalue weighted by atomic mass is 10.2. The van der Waals surface area contributed by atoms with Gasteiger partial charge in [0.25, 0.3) is 0 Å². The number of carbonyl (C=O) groups excluding carboxylic acids is 2. The lowest BCUT2D eigenvalue weighted by Crippen LogP contribution is -2.24. The van der Waals surface area contributed by atoms with E-state index in [4.69, 9.17) is 4.74 Å². The monoisotopic (exact) mass is 486 g/mol. The molecule has 0 saturated carbocycles. The fourth-order valence-corrected chi connectivity index (χ4v) is 4.33. The molecule has 2 aromatic heterocycles. The Morgan fingerprint density at radius 1 is 1.06 bits per heavy atom. The number of thiazole rings is 1. The van der Waals surface area contributed by atoms with E-state index in [0.29, 0.717) is 17.2 Å². The summed E-state index contributed by atoms with van der Waals surface area (Å²) in [5.74, 6) is -0.567. The van der Waals surface area contributed by atoms with Gasteiger partial charge in [0, 0.05) is 29.3 Å². The van der Waals surface area contributed by atoms with Crippen molar-refractivity contribution in [3.8, 4) is 5.69 Å². The van der Waals surface area contributed by atoms with Crippen LogP contribution in [-0.2, 0) is 33.9 Å². The second-order valence-corrected chi connectivity index (χ2v) is 8.89. The van der Waals surface area contributed by atoms with Crippen LogP contribution in [0.5, 0.6) is 0 Å². The zero-order chi connectivity index (χ0) is 24.6. The number of ether oxygens (including phenoxy) is 1. The minimum atomic E-state index is -0.466. The molecule has 7 nitrogen and oxygen atoms in total. The maximum atomic E-state index is 12.3. The van der Waals surface area contributed by atoms with E-state index < -0.39 is 5.97 Å². The molecule has 0 fully saturated rings. The third-order valence-electron chi connectivity index (χ3n) is 5.34. The molecule has 0 spiro atoms. The highest BCUT2D eigenvalue weighted by atomic mass is 32.1. The first kappa shape index (κ1) is 24.1. The summed E-state index contributed by atoms with van der Waals surface area (Å²) < 4.78 is 7.19. The van der Waals surface area contributed by atoms with E-state index in [1.54, 1.807) is 11.5 Å². The number of esters is 1. The lowest BCUT2D eigenvalue weighted by molar-refractivity contribution is -0.139. The number of nitrogens with zero attached hydrogens (tertiary/aromatic N) is 3. The summed E-state index contributed by atoms with van der Waals surface area (Å²) in [5.41, 5.74) is 5.26. The first-order valence-electron chi connectivity index (χ1n) is 11.2. The average Bonchev–Trinajstić information content (AvgIpc) is 3.44. The van der Waals surface area contributed by atoms with Crippen LogP contribution in [0.25, 0.3) is 11.8 Å². The van der Waals surface area contributed by atoms with Gasteiger partial charge in [0.15, 0.2) is 0 Å². The highest BCUT2D eigenvalue weighted by Gasteiger charge is 2.12. The molecule has 0 aliphatic carbocycles. The van der Waals surface area contributed by atoms with E-state index in [-0.39, 0.29) is 18.9 Å². The zero-order valence-corrected chi connectivity index (χ0v) is 20.4. The molecule has 1 N–H and O–H groups in total. The number of carbonyl (C=O) groups is 2. The molecule has 2 heterocycles. The van der Waals surface area contributed by atoms with Gasteiger partial charge in [0.1, 0.15) is 11.6 Å². The molecule has 0 aliphatic heterocycles. The number of nitrogens with one attached hydrogen (secondary N) is 1. The van der Waals surface area contributed by atoms with Crippen molar-refractivity contribution < 1.29 is 14.3 Å². The number of hydrogen-bond acceptors (Lipinski definition) is 6. The van der Waals surface area contributed by atoms with Crippen LogP contribution < -0.4 is 5.32 Å². The lowest BCUT2D eigenvalue weighted by Gasteiger charge is -2.04. The predicted octanol–water partition coefficient (Wildman–Crippen LogP) is 4.56. The van der Waals surface area contributed by atoms with Gasteiger partial charge in [-0.15, -0.1) is 11.3 Å². The summed E-state index contributed by atoms with van der Waals surface area (Å²) in [7, 11) is 0. The molecule has 0 radical (unpaired) electrons. The molecule has 35 heavy (non-hydrogen) atoms. The largest absolute Gasteiger partial charge is 0.456 e. The molecule has 178 valence electrons. The van der Waals surface area contributed by atoms with Crippen LogP contribution >= 0.6 is 11.3 Å². The average molecular weight is 487 g/mol. The summed E-state index contributed by atoms with van der Waals surface area (Å²) in [6.45, 7) is 4.40. The summed E-state index contributed by atoms with van der Waals surface area (Å²) >= 11 is 1.37. The van der Waals surface area contributed by atoms with Crippen molar-refractivity contribution in [1.29, 1.82) is 0 Å². The van der Waals surface area contributed by atoms with Crippen molar-refractivity contribution in [3.05, 3.63) is 105 Å². The van der Waals surface area contributed by atoms with Crippen molar-refractivity contribution in [2.75, 3.05) is 0 Å². The molecule has 0 atom stereocenters. The molecule has 0 unspecified atom stereocenters. The van der Waals surface area contributed by atoms with Crippen molar-refractivity contribution in [3.63, 3.8) is 0 Å². The van der Waals surface area contributed by atoms with Gasteiger partial charge >= 0.3 is 5.97 Å². The number of para-hydroxylation sites is 1. The number of benzene rings is 2. The Morgan fingerprint density at radius 2 is 1.77 bits per heavy atom. The van der Waals surface area contributed by atoms with Crippen molar-refractivity contribution >= 4 is 29.3 Å². The molecule has 0 bridgehead atoms. The first-order valence-corrected chi connectivity index (χ1v) is 12.1. The van der Waals surface area contributed by atoms with Gasteiger partial charge in [-0.2, -0.15) is 5.10 Å². The Morgan fingerprint density at radius 3 is 2.51 bits per heavy atom. The Kier molecular flexibility index (Phi) is 7.84. The van der Waals surface area contributed by atoms with E-state index in [1.165, 1.54) is 17.4 Å². The van der Waals surface area contributed by atoms with E-state index in [2.05, 4.69) is 15.4 Å². The first-order chi connectivity index (χ1) is 17.0. The molecule has 2 aromatic carbocycles. The summed E-state index contributed by atoms with van der Waals surface area (Å²) in [4.78, 5) is 28.9. The SMILES string of the molecule is Cc1nn(-c2ccccc2)c(C)c1/C=C/C(=O)OCc1csc(CC(=O)NCc2ccccc2)n1. The Balaban J connectivity index is 1.27. The van der Waals surface area contributed by atoms with Gasteiger partial charge in [-0.25, -0.2) is 14.5 Å². The molecule has 0 saturated heterocycles. The van der Waals surface area contributed by atoms with Crippen LogP contribution in [0.4, 0.5) is 0 Å². The Labute approximate surface area is 208 Å². The second-order valence-electron chi connectivity index (χ2n) is 7.94. The van der Waals surface area contributed by atoms with Gasteiger partial charge in [0.2, 0.25) is 5.91 Å². The summed E-state index contributed by atoms with van der Waals surface area (Å²) in [5, 5.41) is 9.95. The Hall–Kier alpha value is -4.04. The normalized spacial score (nSPS) is 11.0. The van der Waals surface area contributed by atoms with Crippen molar-refractivity contribution in [2.45, 2.75) is 33.4 Å². The van der Waals surface area contributed by atoms with E-state index >= 15 is 0 Å². The molecule has 8 heteroatoms. The standard InChI is InChI=1S/C27H26N4O3S/c1-19-24(20(2)31(30-19)23-11-7-4-8-12-23)13-14-27(33)34-17-22-18-35-26(29-22)15-25(32)28-16-21-9-5-3-6-10-21/h3-14,18H,15-17H2,1-2H3,(H,28,32)/b14-13+. The maximum Gasteiger partial charge on any atom is 0.331 e. The highest BCUT2D eigenvalue weighted by molar-refractivity contribution is 7.09.